The van der Waals surface area contributed by atoms with Crippen molar-refractivity contribution in [3.63, 3.8) is 0 Å². The number of hydrogen-bond acceptors (Lipinski definition) is 4. The van der Waals surface area contributed by atoms with Crippen LogP contribution in [0.2, 0.25) is 0 Å². The molecule has 4 nitrogen and oxygen atoms in total. The second-order valence-corrected chi connectivity index (χ2v) is 7.00. The van der Waals surface area contributed by atoms with Crippen molar-refractivity contribution in [2.75, 3.05) is 41.5 Å². The monoisotopic (exact) mass is 396 g/mol. The first-order valence-electron chi connectivity index (χ1n) is 9.58. The van der Waals surface area contributed by atoms with E-state index in [4.69, 9.17) is 14.2 Å². The van der Waals surface area contributed by atoms with Crippen molar-refractivity contribution in [1.82, 2.24) is 4.90 Å². The van der Waals surface area contributed by atoms with Gasteiger partial charge in [0.25, 0.3) is 0 Å². The number of nitrogens with zero attached hydrogens (tertiary/aromatic N) is 1. The Labute approximate surface area is 172 Å². The summed E-state index contributed by atoms with van der Waals surface area (Å²) in [4.78, 5) is 2.04. The number of hydrogen-bond donors (Lipinski definition) is 0. The summed E-state index contributed by atoms with van der Waals surface area (Å²) in [5, 5.41) is 0. The maximum Gasteiger partial charge on any atom is 0.127 e. The zero-order valence-corrected chi connectivity index (χ0v) is 17.4. The Kier molecular flexibility index (Phi) is 6.94. The average molecular weight is 396 g/mol. The van der Waals surface area contributed by atoms with Gasteiger partial charge in [-0.2, -0.15) is 0 Å². The van der Waals surface area contributed by atoms with Crippen molar-refractivity contribution < 1.29 is 18.6 Å². The lowest BCUT2D eigenvalue weighted by atomic mass is 9.92. The van der Waals surface area contributed by atoms with Crippen LogP contribution in [0.1, 0.15) is 12.0 Å². The van der Waals surface area contributed by atoms with Gasteiger partial charge in [-0.15, -0.1) is 0 Å². The van der Waals surface area contributed by atoms with Gasteiger partial charge in [0.2, 0.25) is 0 Å². The van der Waals surface area contributed by atoms with Crippen molar-refractivity contribution in [1.29, 1.82) is 0 Å². The van der Waals surface area contributed by atoms with E-state index in [2.05, 4.69) is 0 Å². The molecule has 0 aliphatic heterocycles. The van der Waals surface area contributed by atoms with Gasteiger partial charge < -0.3 is 19.1 Å². The molecule has 0 amide bonds. The van der Waals surface area contributed by atoms with Gasteiger partial charge in [-0.25, -0.2) is 4.39 Å². The van der Waals surface area contributed by atoms with E-state index in [0.717, 1.165) is 23.4 Å². The Morgan fingerprint density at radius 1 is 0.966 bits per heavy atom. The number of allylic oxidation sites excluding steroid dienone is 3. The molecule has 153 valence electrons. The Morgan fingerprint density at radius 2 is 1.76 bits per heavy atom. The highest BCUT2D eigenvalue weighted by Crippen LogP contribution is 2.41. The molecule has 5 heteroatoms. The quantitative estimate of drug-likeness (QED) is 0.620. The molecule has 29 heavy (non-hydrogen) atoms. The second-order valence-electron chi connectivity index (χ2n) is 7.00. The first-order valence-corrected chi connectivity index (χ1v) is 9.58. The Hall–Kier alpha value is -2.79. The number of para-hydroxylation sites is 1. The standard InChI is InChI=1S/C24H27FNO3/c1-26(2)14-15-29-22-13-12-17(18-8-5-6-10-21(18)27-3)16-19(22)24-20(25)9-7-11-23(24)28-4/h5-6,8-13,16H,7,14-15H2,1-4H3. The molecule has 0 spiro atoms. The lowest BCUT2D eigenvalue weighted by Gasteiger charge is -2.21. The van der Waals surface area contributed by atoms with Crippen LogP contribution >= 0.6 is 0 Å². The molecule has 1 aliphatic rings. The fourth-order valence-electron chi connectivity index (χ4n) is 3.28. The van der Waals surface area contributed by atoms with Crippen LogP contribution in [0.15, 0.2) is 60.1 Å². The highest BCUT2D eigenvalue weighted by Gasteiger charge is 2.23. The molecule has 2 aromatic rings. The van der Waals surface area contributed by atoms with Crippen molar-refractivity contribution in [3.05, 3.63) is 72.1 Å². The predicted octanol–water partition coefficient (Wildman–Crippen LogP) is 5.12. The number of methoxy groups -OCH3 is 2. The van der Waals surface area contributed by atoms with Gasteiger partial charge >= 0.3 is 0 Å². The van der Waals surface area contributed by atoms with Crippen molar-refractivity contribution in [3.8, 4) is 22.6 Å². The summed E-state index contributed by atoms with van der Waals surface area (Å²) in [6.45, 7) is 1.26. The summed E-state index contributed by atoms with van der Waals surface area (Å²) in [6, 6.07) is 13.5. The average Bonchev–Trinajstić information content (AvgIpc) is 2.73. The third kappa shape index (κ3) is 4.80. The van der Waals surface area contributed by atoms with E-state index in [1.165, 1.54) is 0 Å². The molecule has 1 aliphatic carbocycles. The topological polar surface area (TPSA) is 30.9 Å². The van der Waals surface area contributed by atoms with Crippen LogP contribution in [-0.2, 0) is 4.74 Å². The number of likely N-dealkylation sites (N-methyl/N-ethyl adjacent to an activating group) is 1. The van der Waals surface area contributed by atoms with Crippen LogP contribution < -0.4 is 9.47 Å². The van der Waals surface area contributed by atoms with Crippen LogP contribution in [0.5, 0.6) is 11.5 Å². The lowest BCUT2D eigenvalue weighted by molar-refractivity contribution is 0.260. The minimum absolute atomic E-state index is 0.306. The molecule has 0 saturated carbocycles. The molecule has 0 N–H and O–H groups in total. The van der Waals surface area contributed by atoms with E-state index >= 15 is 0 Å². The Bertz CT molecular complexity index is 918. The SMILES string of the molecule is COC1=CC[CH]C(F)=C1c1cc(-c2ccccc2OC)ccc1OCCN(C)C. The minimum Gasteiger partial charge on any atom is -0.496 e. The van der Waals surface area contributed by atoms with Crippen molar-refractivity contribution in [2.24, 2.45) is 0 Å². The molecular weight excluding hydrogens is 369 g/mol. The lowest BCUT2D eigenvalue weighted by Crippen LogP contribution is -2.19. The van der Waals surface area contributed by atoms with E-state index in [1.54, 1.807) is 20.6 Å². The van der Waals surface area contributed by atoms with Gasteiger partial charge in [0.15, 0.2) is 0 Å². The van der Waals surface area contributed by atoms with Crippen molar-refractivity contribution >= 4 is 5.57 Å². The van der Waals surface area contributed by atoms with E-state index < -0.39 is 0 Å². The fraction of sp³-hybridized carbons (Fsp3) is 0.292. The van der Waals surface area contributed by atoms with Crippen LogP contribution in [0.3, 0.4) is 0 Å². The van der Waals surface area contributed by atoms with Gasteiger partial charge in [-0.05, 0) is 50.4 Å². The number of ether oxygens (including phenoxy) is 3. The first-order chi connectivity index (χ1) is 14.0. The molecule has 0 atom stereocenters. The fourth-order valence-corrected chi connectivity index (χ4v) is 3.28. The molecule has 0 aromatic heterocycles. The number of halogens is 1. The third-order valence-electron chi connectivity index (χ3n) is 4.77. The summed E-state index contributed by atoms with van der Waals surface area (Å²) in [6.07, 6.45) is 3.93. The molecule has 0 unspecified atom stereocenters. The highest BCUT2D eigenvalue weighted by molar-refractivity contribution is 5.86. The first kappa shape index (κ1) is 20.9. The van der Waals surface area contributed by atoms with E-state index in [9.17, 15) is 4.39 Å². The molecular formula is C24H27FNO3. The Morgan fingerprint density at radius 3 is 2.48 bits per heavy atom. The van der Waals surface area contributed by atoms with E-state index in [1.807, 2.05) is 67.5 Å². The van der Waals surface area contributed by atoms with E-state index in [-0.39, 0.29) is 5.83 Å². The third-order valence-corrected chi connectivity index (χ3v) is 4.77. The second kappa shape index (κ2) is 9.61. The van der Waals surface area contributed by atoms with Crippen LogP contribution in [0.25, 0.3) is 16.7 Å². The van der Waals surface area contributed by atoms with Crippen LogP contribution in [-0.4, -0.2) is 46.4 Å². The molecule has 0 heterocycles. The molecule has 0 saturated heterocycles. The largest absolute Gasteiger partial charge is 0.496 e. The number of benzene rings is 2. The molecule has 2 aromatic carbocycles. The van der Waals surface area contributed by atoms with Gasteiger partial charge in [0, 0.05) is 24.1 Å². The van der Waals surface area contributed by atoms with Crippen LogP contribution in [0.4, 0.5) is 4.39 Å². The number of rotatable bonds is 8. The van der Waals surface area contributed by atoms with Crippen LogP contribution in [0, 0.1) is 6.42 Å². The maximum absolute atomic E-state index is 14.9. The highest BCUT2D eigenvalue weighted by atomic mass is 19.1. The predicted molar refractivity (Wildman–Crippen MR) is 115 cm³/mol. The summed E-state index contributed by atoms with van der Waals surface area (Å²) in [5.74, 6) is 1.58. The summed E-state index contributed by atoms with van der Waals surface area (Å²) in [7, 11) is 7.17. The molecule has 0 fully saturated rings. The van der Waals surface area contributed by atoms with Gasteiger partial charge in [-0.1, -0.05) is 24.3 Å². The van der Waals surface area contributed by atoms with E-state index in [0.29, 0.717) is 35.7 Å². The van der Waals surface area contributed by atoms with Gasteiger partial charge in [-0.3, -0.25) is 0 Å². The smallest absolute Gasteiger partial charge is 0.127 e. The minimum atomic E-state index is -0.306. The Balaban J connectivity index is 2.10. The normalized spacial score (nSPS) is 14.1. The zero-order chi connectivity index (χ0) is 20.8. The summed E-state index contributed by atoms with van der Waals surface area (Å²) < 4.78 is 31.9. The maximum atomic E-state index is 14.9. The molecule has 1 radical (unpaired) electrons. The zero-order valence-electron chi connectivity index (χ0n) is 17.4. The molecule has 3 rings (SSSR count). The van der Waals surface area contributed by atoms with Crippen molar-refractivity contribution in [2.45, 2.75) is 6.42 Å². The summed E-state index contributed by atoms with van der Waals surface area (Å²) >= 11 is 0. The van der Waals surface area contributed by atoms with Gasteiger partial charge in [0.05, 0.1) is 19.8 Å². The van der Waals surface area contributed by atoms with Gasteiger partial charge in [0.1, 0.15) is 29.7 Å². The molecule has 0 bridgehead atoms. The summed E-state index contributed by atoms with van der Waals surface area (Å²) in [5.41, 5.74) is 2.92.